The third kappa shape index (κ3) is 9.06. The van der Waals surface area contributed by atoms with Crippen molar-refractivity contribution in [3.63, 3.8) is 0 Å². The number of fused-ring (bicyclic) bond motifs is 8. The van der Waals surface area contributed by atoms with Crippen LogP contribution in [0.3, 0.4) is 0 Å². The summed E-state index contributed by atoms with van der Waals surface area (Å²) in [6, 6.07) is 5.80. The largest absolute Gasteiger partial charge is 0.469 e. The Morgan fingerprint density at radius 2 is 1.55 bits per heavy atom. The Kier molecular flexibility index (Phi) is 14.7. The minimum atomic E-state index is -1.59. The van der Waals surface area contributed by atoms with Crippen LogP contribution in [0.1, 0.15) is 102 Å². The fraction of sp³-hybridized carbons (Fsp3) is 0.533. The minimum Gasteiger partial charge on any atom is -0.469 e. The number of aliphatic hydroxyl groups excluding tert-OH is 5. The number of hydrogen-bond donors (Lipinski definition) is 7. The second-order valence-electron chi connectivity index (χ2n) is 16.2. The van der Waals surface area contributed by atoms with Crippen molar-refractivity contribution in [3.8, 4) is 0 Å². The van der Waals surface area contributed by atoms with E-state index in [1.165, 1.54) is 19.1 Å². The van der Waals surface area contributed by atoms with Crippen molar-refractivity contribution in [2.24, 2.45) is 0 Å². The molecule has 3 aliphatic heterocycles. The van der Waals surface area contributed by atoms with E-state index >= 15 is 0 Å². The quantitative estimate of drug-likeness (QED) is 0.0910. The number of carbonyl (C=O) groups is 3. The molecule has 17 heteroatoms. The van der Waals surface area contributed by atoms with E-state index in [1.807, 2.05) is 39.0 Å². The number of nitrogens with one attached hydrogen (secondary N) is 2. The van der Waals surface area contributed by atoms with E-state index in [-0.39, 0.29) is 62.1 Å². The number of allylic oxidation sites excluding steroid dienone is 1. The highest BCUT2D eigenvalue weighted by atomic mass is 16.7. The lowest BCUT2D eigenvalue weighted by Gasteiger charge is -2.39. The second-order valence-corrected chi connectivity index (χ2v) is 16.2. The van der Waals surface area contributed by atoms with Gasteiger partial charge in [0.15, 0.2) is 6.29 Å². The number of aromatic amines is 2. The molecule has 336 valence electrons. The molecule has 0 radical (unpaired) electrons. The van der Waals surface area contributed by atoms with Gasteiger partial charge < -0.3 is 59.3 Å². The molecule has 3 aromatic heterocycles. The maximum Gasteiger partial charge on any atom is 0.340 e. The van der Waals surface area contributed by atoms with Gasteiger partial charge in [0.2, 0.25) is 5.91 Å². The zero-order chi connectivity index (χ0) is 45.2. The van der Waals surface area contributed by atoms with Gasteiger partial charge in [-0.05, 0) is 80.5 Å². The summed E-state index contributed by atoms with van der Waals surface area (Å²) in [6.45, 7) is 9.18. The smallest absolute Gasteiger partial charge is 0.340 e. The zero-order valence-corrected chi connectivity index (χ0v) is 36.6. The second kappa shape index (κ2) is 19.6. The maximum absolute atomic E-state index is 14.4. The highest BCUT2D eigenvalue weighted by Crippen LogP contribution is 2.44. The Hall–Kier alpha value is -5.01. The predicted molar refractivity (Wildman–Crippen MR) is 228 cm³/mol. The highest BCUT2D eigenvalue weighted by Gasteiger charge is 2.44. The van der Waals surface area contributed by atoms with Crippen molar-refractivity contribution >= 4 is 51.1 Å². The number of carbonyl (C=O) groups excluding carboxylic acids is 3. The number of esters is 2. The molecule has 7 N–H and O–H groups in total. The topological polar surface area (TPSA) is 250 Å². The van der Waals surface area contributed by atoms with Crippen LogP contribution >= 0.6 is 0 Å². The molecule has 0 aromatic carbocycles. The Morgan fingerprint density at radius 3 is 2.19 bits per heavy atom. The summed E-state index contributed by atoms with van der Waals surface area (Å²) in [7, 11) is 4.23. The predicted octanol–water partition coefficient (Wildman–Crippen LogP) is 3.14. The molecular formula is C45H59N5O12. The van der Waals surface area contributed by atoms with Gasteiger partial charge in [-0.25, -0.2) is 9.78 Å². The zero-order valence-electron chi connectivity index (χ0n) is 36.6. The molecule has 1 saturated heterocycles. The van der Waals surface area contributed by atoms with Gasteiger partial charge in [-0.1, -0.05) is 13.8 Å². The summed E-state index contributed by atoms with van der Waals surface area (Å²) < 4.78 is 21.5. The fourth-order valence-corrected chi connectivity index (χ4v) is 8.65. The average Bonchev–Trinajstić information content (AvgIpc) is 3.95. The van der Waals surface area contributed by atoms with E-state index in [4.69, 9.17) is 28.9 Å². The number of ether oxygens (including phenoxy) is 4. The molecule has 17 nitrogen and oxygen atoms in total. The van der Waals surface area contributed by atoms with Crippen molar-refractivity contribution in [3.05, 3.63) is 68.8 Å². The lowest BCUT2D eigenvalue weighted by Crippen LogP contribution is -2.59. The highest BCUT2D eigenvalue weighted by molar-refractivity contribution is 6.25. The fourth-order valence-electron chi connectivity index (χ4n) is 8.65. The number of H-pyrrole nitrogens is 2. The third-order valence-corrected chi connectivity index (χ3v) is 12.6. The molecule has 0 aliphatic carbocycles. The lowest BCUT2D eigenvalue weighted by atomic mass is 9.84. The molecule has 62 heavy (non-hydrogen) atoms. The number of aliphatic hydroxyl groups is 5. The molecule has 5 unspecified atom stereocenters. The van der Waals surface area contributed by atoms with Gasteiger partial charge in [0, 0.05) is 70.7 Å². The Balaban J connectivity index is 1.51. The van der Waals surface area contributed by atoms with Crippen LogP contribution in [0.25, 0.3) is 33.2 Å². The summed E-state index contributed by atoms with van der Waals surface area (Å²) in [5, 5.41) is 50.8. The SMILES string of the molecule is CCc1c(C)c2cc3[nH]c(cc4nc(c(CC(=O)N(C)CCCOC5OC(CO)C(O)C(O)C5O)c5nc(cc1[nH]2)C(C)=C5C(=O)OC)[C@@H](CCC(=O)OC)[C@@H]4C)c(C)c3CO. The Morgan fingerprint density at radius 1 is 0.871 bits per heavy atom. The van der Waals surface area contributed by atoms with Gasteiger partial charge in [-0.2, -0.15) is 0 Å². The van der Waals surface area contributed by atoms with Crippen LogP contribution in [-0.4, -0.2) is 140 Å². The van der Waals surface area contributed by atoms with Crippen LogP contribution in [0.5, 0.6) is 0 Å². The molecule has 1 amide bonds. The summed E-state index contributed by atoms with van der Waals surface area (Å²) in [5.41, 5.74) is 9.72. The van der Waals surface area contributed by atoms with Crippen molar-refractivity contribution in [1.29, 1.82) is 0 Å². The van der Waals surface area contributed by atoms with Crippen molar-refractivity contribution in [2.75, 3.05) is 41.0 Å². The van der Waals surface area contributed by atoms with E-state index in [0.717, 1.165) is 44.3 Å². The van der Waals surface area contributed by atoms with Crippen LogP contribution in [0.4, 0.5) is 0 Å². The maximum atomic E-state index is 14.4. The van der Waals surface area contributed by atoms with Crippen LogP contribution in [0.2, 0.25) is 0 Å². The van der Waals surface area contributed by atoms with Crippen LogP contribution in [-0.2, 0) is 52.8 Å². The number of nitrogens with zero attached hydrogens (tertiary/aromatic N) is 3. The molecule has 7 atom stereocenters. The van der Waals surface area contributed by atoms with Crippen LogP contribution < -0.4 is 0 Å². The van der Waals surface area contributed by atoms with E-state index in [9.17, 15) is 39.9 Å². The van der Waals surface area contributed by atoms with Gasteiger partial charge in [0.05, 0.1) is 63.1 Å². The van der Waals surface area contributed by atoms with E-state index in [2.05, 4.69) is 16.9 Å². The van der Waals surface area contributed by atoms with Gasteiger partial charge in [0.1, 0.15) is 24.4 Å². The standard InChI is InChI=1S/C45H59N5O12/c1-9-25-21(2)30-17-34-28(19-51)23(4)29(47-34)16-31-22(3)26(11-12-37(54)59-7)39(48-31)27(40-38(44(58)60-8)24(5)32(49-40)18-33(25)46-30)15-36(53)50(6)13-10-14-61-45-43(57)42(56)41(55)35(20-52)62-45/h16-18,22,26,35,41-43,45-47,51-52,55-57H,9-15,19-20H2,1-8H3/t22-,26-,35?,41?,42?,43?,45?/m0/s1. The Labute approximate surface area is 359 Å². The van der Waals surface area contributed by atoms with Gasteiger partial charge in [0.25, 0.3) is 0 Å². The first-order valence-corrected chi connectivity index (χ1v) is 21.0. The van der Waals surface area contributed by atoms with Crippen LogP contribution in [0.15, 0.2) is 18.2 Å². The van der Waals surface area contributed by atoms with E-state index in [0.29, 0.717) is 41.1 Å². The monoisotopic (exact) mass is 861 g/mol. The number of aromatic nitrogens is 4. The van der Waals surface area contributed by atoms with Gasteiger partial charge in [-0.3, -0.25) is 14.6 Å². The lowest BCUT2D eigenvalue weighted by molar-refractivity contribution is -0.301. The molecule has 8 bridgehead atoms. The molecule has 0 saturated carbocycles. The van der Waals surface area contributed by atoms with E-state index < -0.39 is 55.2 Å². The molecule has 0 spiro atoms. The van der Waals surface area contributed by atoms with E-state index in [1.54, 1.807) is 14.0 Å². The molecule has 3 aromatic rings. The number of amides is 1. The minimum absolute atomic E-state index is 0.00451. The van der Waals surface area contributed by atoms with Crippen molar-refractivity contribution in [1.82, 2.24) is 24.8 Å². The Bertz CT molecular complexity index is 2390. The van der Waals surface area contributed by atoms with Gasteiger partial charge >= 0.3 is 11.9 Å². The third-order valence-electron chi connectivity index (χ3n) is 12.6. The number of rotatable bonds is 14. The molecule has 3 aliphatic rings. The average molecular weight is 862 g/mol. The van der Waals surface area contributed by atoms with Crippen molar-refractivity contribution in [2.45, 2.75) is 116 Å². The van der Waals surface area contributed by atoms with Gasteiger partial charge in [-0.15, -0.1) is 0 Å². The van der Waals surface area contributed by atoms with Crippen molar-refractivity contribution < 1.29 is 58.9 Å². The summed E-state index contributed by atoms with van der Waals surface area (Å²) in [6.07, 6.45) is -6.00. The first-order chi connectivity index (χ1) is 29.6. The summed E-state index contributed by atoms with van der Waals surface area (Å²) in [4.78, 5) is 59.7. The number of likely N-dealkylation sites (N-methyl/N-ethyl adjacent to an activating group) is 1. The molecule has 1 fully saturated rings. The first-order valence-electron chi connectivity index (χ1n) is 21.0. The van der Waals surface area contributed by atoms with Crippen LogP contribution in [0, 0.1) is 13.8 Å². The molecule has 6 heterocycles. The number of aryl methyl sites for hydroxylation is 3. The number of hydrogen-bond acceptors (Lipinski definition) is 14. The number of methoxy groups -OCH3 is 2. The summed E-state index contributed by atoms with van der Waals surface area (Å²) in [5.74, 6) is -2.08. The molecule has 6 rings (SSSR count). The normalized spacial score (nSPS) is 22.5. The molecular weight excluding hydrogens is 803 g/mol. The first kappa shape index (κ1) is 46.5. The summed E-state index contributed by atoms with van der Waals surface area (Å²) >= 11 is 0.